The first-order valence-corrected chi connectivity index (χ1v) is 9.46. The van der Waals surface area contributed by atoms with Crippen LogP contribution in [0.3, 0.4) is 0 Å². The van der Waals surface area contributed by atoms with Crippen molar-refractivity contribution >= 4 is 17.5 Å². The summed E-state index contributed by atoms with van der Waals surface area (Å²) in [5.41, 5.74) is 1.46. The molecule has 0 saturated heterocycles. The lowest BCUT2D eigenvalue weighted by Crippen LogP contribution is -2.39. The van der Waals surface area contributed by atoms with Crippen molar-refractivity contribution < 1.29 is 19.1 Å². The molecular formula is C22H32N2O4. The van der Waals surface area contributed by atoms with E-state index in [0.29, 0.717) is 18.9 Å². The van der Waals surface area contributed by atoms with Gasteiger partial charge >= 0.3 is 0 Å². The van der Waals surface area contributed by atoms with Gasteiger partial charge in [-0.2, -0.15) is 0 Å². The van der Waals surface area contributed by atoms with E-state index in [1.807, 2.05) is 38.1 Å². The molecule has 2 amide bonds. The van der Waals surface area contributed by atoms with Gasteiger partial charge in [0, 0.05) is 5.69 Å². The highest BCUT2D eigenvalue weighted by Crippen LogP contribution is 2.29. The zero-order chi connectivity index (χ0) is 21.1. The van der Waals surface area contributed by atoms with Crippen molar-refractivity contribution in [1.82, 2.24) is 5.32 Å². The molecule has 0 radical (unpaired) electrons. The van der Waals surface area contributed by atoms with E-state index in [-0.39, 0.29) is 23.8 Å². The monoisotopic (exact) mass is 388 g/mol. The molecule has 2 N–H and O–H groups in total. The number of nitrogens with one attached hydrogen (secondary N) is 2. The summed E-state index contributed by atoms with van der Waals surface area (Å²) in [6.07, 6.45) is 1.97. The molecule has 0 spiro atoms. The number of hydrogen-bond donors (Lipinski definition) is 2. The molecule has 0 aliphatic heterocycles. The average Bonchev–Trinajstić information content (AvgIpc) is 2.68. The zero-order valence-corrected chi connectivity index (χ0v) is 17.2. The number of rotatable bonds is 12. The lowest BCUT2D eigenvalue weighted by Gasteiger charge is -2.27. The molecule has 28 heavy (non-hydrogen) atoms. The molecule has 3 atom stereocenters. The number of para-hydroxylation sites is 1. The summed E-state index contributed by atoms with van der Waals surface area (Å²) in [5.74, 6) is -0.377. The van der Waals surface area contributed by atoms with Crippen LogP contribution in [0.5, 0.6) is 0 Å². The minimum Gasteiger partial charge on any atom is -0.365 e. The Morgan fingerprint density at radius 2 is 1.50 bits per heavy atom. The Labute approximate surface area is 168 Å². The van der Waals surface area contributed by atoms with Crippen LogP contribution in [-0.2, 0) is 19.1 Å². The fourth-order valence-electron chi connectivity index (χ4n) is 2.57. The maximum Gasteiger partial charge on any atom is 0.253 e. The Kier molecular flexibility index (Phi) is 10.2. The maximum absolute atomic E-state index is 12.5. The number of hydrogen-bond acceptors (Lipinski definition) is 4. The van der Waals surface area contributed by atoms with Crippen molar-refractivity contribution in [1.29, 1.82) is 0 Å². The van der Waals surface area contributed by atoms with Gasteiger partial charge in [-0.25, -0.2) is 0 Å². The zero-order valence-electron chi connectivity index (χ0n) is 17.2. The lowest BCUT2D eigenvalue weighted by molar-refractivity contribution is -0.132. The number of carbonyl (C=O) groups is 2. The molecule has 0 fully saturated rings. The maximum atomic E-state index is 12.5. The molecular weight excluding hydrogens is 356 g/mol. The Hall–Kier alpha value is -2.44. The van der Waals surface area contributed by atoms with E-state index in [2.05, 4.69) is 23.8 Å². The summed E-state index contributed by atoms with van der Waals surface area (Å²) < 4.78 is 10.8. The molecule has 0 bridgehead atoms. The average molecular weight is 389 g/mol. The van der Waals surface area contributed by atoms with E-state index in [4.69, 9.17) is 9.47 Å². The summed E-state index contributed by atoms with van der Waals surface area (Å²) in [7, 11) is 0. The third-order valence-corrected chi connectivity index (χ3v) is 4.18. The Balaban J connectivity index is 2.98. The van der Waals surface area contributed by atoms with Crippen molar-refractivity contribution in [3.05, 3.63) is 55.1 Å². The van der Waals surface area contributed by atoms with Gasteiger partial charge in [0.25, 0.3) is 5.91 Å². The van der Waals surface area contributed by atoms with Crippen LogP contribution < -0.4 is 10.6 Å². The Morgan fingerprint density at radius 3 is 2.04 bits per heavy atom. The van der Waals surface area contributed by atoms with Gasteiger partial charge in [-0.15, -0.1) is 13.2 Å². The molecule has 0 heterocycles. The minimum absolute atomic E-state index is 0.100. The van der Waals surface area contributed by atoms with Crippen LogP contribution in [0.1, 0.15) is 39.3 Å². The highest BCUT2D eigenvalue weighted by Gasteiger charge is 2.25. The second kappa shape index (κ2) is 12.1. The van der Waals surface area contributed by atoms with E-state index in [1.165, 1.54) is 0 Å². The standard InChI is InChI=1S/C22H32N2O4/c1-7-13-27-16(5)21(25)23-19-12-10-9-11-18(19)20(15(3)4)24-22(26)17(6)28-14-8-2/h7-12,15-17,20H,1-2,13-14H2,3-6H3,(H,23,25)(H,24,26). The number of benzene rings is 1. The SMILES string of the molecule is C=CCOC(C)C(=O)Nc1ccccc1C(NC(=O)C(C)OCC=C)C(C)C. The molecule has 6 nitrogen and oxygen atoms in total. The van der Waals surface area contributed by atoms with Crippen LogP contribution in [0.25, 0.3) is 0 Å². The van der Waals surface area contributed by atoms with E-state index >= 15 is 0 Å². The van der Waals surface area contributed by atoms with Crippen LogP contribution >= 0.6 is 0 Å². The number of anilines is 1. The predicted molar refractivity (Wildman–Crippen MR) is 112 cm³/mol. The van der Waals surface area contributed by atoms with Crippen molar-refractivity contribution in [2.75, 3.05) is 18.5 Å². The van der Waals surface area contributed by atoms with E-state index in [9.17, 15) is 9.59 Å². The largest absolute Gasteiger partial charge is 0.365 e. The summed E-state index contributed by atoms with van der Waals surface area (Å²) in [5, 5.41) is 5.92. The van der Waals surface area contributed by atoms with Gasteiger partial charge < -0.3 is 20.1 Å². The first-order chi connectivity index (χ1) is 13.3. The van der Waals surface area contributed by atoms with E-state index in [1.54, 1.807) is 26.0 Å². The number of carbonyl (C=O) groups excluding carboxylic acids is 2. The fourth-order valence-corrected chi connectivity index (χ4v) is 2.57. The number of ether oxygens (including phenoxy) is 2. The quantitative estimate of drug-likeness (QED) is 0.536. The van der Waals surface area contributed by atoms with Crippen LogP contribution in [0.4, 0.5) is 5.69 Å². The van der Waals surface area contributed by atoms with Gasteiger partial charge in [0.15, 0.2) is 0 Å². The highest BCUT2D eigenvalue weighted by atomic mass is 16.5. The summed E-state index contributed by atoms with van der Waals surface area (Å²) in [6.45, 7) is 15.2. The van der Waals surface area contributed by atoms with Crippen LogP contribution in [-0.4, -0.2) is 37.2 Å². The predicted octanol–water partition coefficient (Wildman–Crippen LogP) is 3.62. The van der Waals surface area contributed by atoms with Crippen LogP contribution in [0, 0.1) is 5.92 Å². The summed E-state index contributed by atoms with van der Waals surface area (Å²) in [4.78, 5) is 24.9. The molecule has 154 valence electrons. The first-order valence-electron chi connectivity index (χ1n) is 9.46. The van der Waals surface area contributed by atoms with Gasteiger partial charge in [-0.1, -0.05) is 44.2 Å². The van der Waals surface area contributed by atoms with Gasteiger partial charge in [0.05, 0.1) is 19.3 Å². The van der Waals surface area contributed by atoms with Gasteiger partial charge in [0.2, 0.25) is 5.91 Å². The van der Waals surface area contributed by atoms with Crippen molar-refractivity contribution in [3.8, 4) is 0 Å². The molecule has 0 saturated carbocycles. The summed E-state index contributed by atoms with van der Waals surface area (Å²) >= 11 is 0. The lowest BCUT2D eigenvalue weighted by atomic mass is 9.94. The Morgan fingerprint density at radius 1 is 0.964 bits per heavy atom. The van der Waals surface area contributed by atoms with Gasteiger partial charge in [0.1, 0.15) is 12.2 Å². The highest BCUT2D eigenvalue weighted by molar-refractivity contribution is 5.94. The topological polar surface area (TPSA) is 76.7 Å². The molecule has 0 aromatic heterocycles. The molecule has 0 aliphatic rings. The molecule has 6 heteroatoms. The second-order valence-electron chi connectivity index (χ2n) is 6.84. The minimum atomic E-state index is -0.620. The fraction of sp³-hybridized carbons (Fsp3) is 0.455. The van der Waals surface area contributed by atoms with Crippen molar-refractivity contribution in [2.45, 2.75) is 45.9 Å². The van der Waals surface area contributed by atoms with Crippen LogP contribution in [0.15, 0.2) is 49.6 Å². The van der Waals surface area contributed by atoms with Crippen molar-refractivity contribution in [2.24, 2.45) is 5.92 Å². The Bertz CT molecular complexity index is 672. The molecule has 3 unspecified atom stereocenters. The molecule has 1 rings (SSSR count). The third-order valence-electron chi connectivity index (χ3n) is 4.18. The molecule has 1 aromatic carbocycles. The third kappa shape index (κ3) is 7.29. The smallest absolute Gasteiger partial charge is 0.253 e. The second-order valence-corrected chi connectivity index (χ2v) is 6.84. The first kappa shape index (κ1) is 23.6. The van der Waals surface area contributed by atoms with E-state index < -0.39 is 12.2 Å². The summed E-state index contributed by atoms with van der Waals surface area (Å²) in [6, 6.07) is 7.13. The van der Waals surface area contributed by atoms with Gasteiger partial charge in [-0.05, 0) is 31.4 Å². The normalized spacial score (nSPS) is 14.0. The molecule has 0 aliphatic carbocycles. The van der Waals surface area contributed by atoms with E-state index in [0.717, 1.165) is 5.56 Å². The van der Waals surface area contributed by atoms with Gasteiger partial charge in [-0.3, -0.25) is 9.59 Å². The number of amides is 2. The van der Waals surface area contributed by atoms with Crippen molar-refractivity contribution in [3.63, 3.8) is 0 Å². The van der Waals surface area contributed by atoms with Crippen LogP contribution in [0.2, 0.25) is 0 Å². The molecule has 1 aromatic rings.